The van der Waals surface area contributed by atoms with E-state index >= 15 is 0 Å². The van der Waals surface area contributed by atoms with Crippen molar-refractivity contribution in [3.8, 4) is 11.4 Å². The van der Waals surface area contributed by atoms with Gasteiger partial charge in [0.2, 0.25) is 5.91 Å². The molecule has 23 heavy (non-hydrogen) atoms. The molecule has 0 aliphatic carbocycles. The molecule has 0 spiro atoms. The van der Waals surface area contributed by atoms with E-state index in [1.807, 2.05) is 30.5 Å². The van der Waals surface area contributed by atoms with E-state index in [0.717, 1.165) is 17.8 Å². The summed E-state index contributed by atoms with van der Waals surface area (Å²) in [5.74, 6) is 0.731. The molecule has 0 saturated heterocycles. The highest BCUT2D eigenvalue weighted by molar-refractivity contribution is 8.00. The third kappa shape index (κ3) is 4.41. The average molecular weight is 331 g/mol. The molecule has 0 aliphatic rings. The van der Waals surface area contributed by atoms with Gasteiger partial charge in [0.25, 0.3) is 0 Å². The second-order valence-corrected chi connectivity index (χ2v) is 6.31. The maximum absolute atomic E-state index is 12.0. The molecule has 0 unspecified atom stereocenters. The highest BCUT2D eigenvalue weighted by atomic mass is 32.2. The number of aromatic nitrogens is 4. The second kappa shape index (κ2) is 8.47. The molecule has 2 aromatic rings. The zero-order valence-electron chi connectivity index (χ0n) is 13.4. The molecular formula is C16H21N5OS. The van der Waals surface area contributed by atoms with Gasteiger partial charge in [0.1, 0.15) is 0 Å². The molecule has 0 aliphatic heterocycles. The lowest BCUT2D eigenvalue weighted by atomic mass is 10.3. The summed E-state index contributed by atoms with van der Waals surface area (Å²) in [6, 6.07) is 3.79. The van der Waals surface area contributed by atoms with Gasteiger partial charge in [-0.1, -0.05) is 24.8 Å². The standard InChI is InChI=1S/C16H21N5OS/c1-4-8-18-15(22)12(3)23-16-20-19-14(21(16)10-5-2)13-7-6-9-17-11-13/h5-7,9,11-12H,2,4,8,10H2,1,3H3,(H,18,22)/t12-/m1/s1. The van der Waals surface area contributed by atoms with Gasteiger partial charge < -0.3 is 5.32 Å². The third-order valence-corrected chi connectivity index (χ3v) is 4.23. The molecule has 0 aromatic carbocycles. The molecule has 2 rings (SSSR count). The van der Waals surface area contributed by atoms with Crippen molar-refractivity contribution in [2.24, 2.45) is 0 Å². The smallest absolute Gasteiger partial charge is 0.233 e. The van der Waals surface area contributed by atoms with Crippen molar-refractivity contribution in [3.63, 3.8) is 0 Å². The van der Waals surface area contributed by atoms with Crippen LogP contribution in [0.3, 0.4) is 0 Å². The molecule has 1 N–H and O–H groups in total. The zero-order chi connectivity index (χ0) is 16.7. The number of allylic oxidation sites excluding steroid dienone is 1. The van der Waals surface area contributed by atoms with E-state index in [1.165, 1.54) is 11.8 Å². The van der Waals surface area contributed by atoms with Gasteiger partial charge in [-0.25, -0.2) is 0 Å². The summed E-state index contributed by atoms with van der Waals surface area (Å²) in [5.41, 5.74) is 0.886. The van der Waals surface area contributed by atoms with Gasteiger partial charge in [0.15, 0.2) is 11.0 Å². The summed E-state index contributed by atoms with van der Waals surface area (Å²) >= 11 is 1.39. The van der Waals surface area contributed by atoms with Crippen LogP contribution < -0.4 is 5.32 Å². The maximum atomic E-state index is 12.0. The monoisotopic (exact) mass is 331 g/mol. The number of thioether (sulfide) groups is 1. The predicted molar refractivity (Wildman–Crippen MR) is 92.1 cm³/mol. The van der Waals surface area contributed by atoms with Crippen LogP contribution >= 0.6 is 11.8 Å². The van der Waals surface area contributed by atoms with E-state index in [2.05, 4.69) is 27.1 Å². The minimum absolute atomic E-state index is 0.00734. The Bertz CT molecular complexity index is 656. The summed E-state index contributed by atoms with van der Waals surface area (Å²) in [5, 5.41) is 11.8. The summed E-state index contributed by atoms with van der Waals surface area (Å²) < 4.78 is 1.94. The van der Waals surface area contributed by atoms with Gasteiger partial charge in [0.05, 0.1) is 5.25 Å². The SMILES string of the molecule is C=CCn1c(S[C@H](C)C(=O)NCCC)nnc1-c1cccnc1. The van der Waals surface area contributed by atoms with Crippen LogP contribution in [0.5, 0.6) is 0 Å². The second-order valence-electron chi connectivity index (χ2n) is 5.00. The van der Waals surface area contributed by atoms with E-state index in [9.17, 15) is 4.79 Å². The molecule has 0 radical (unpaired) electrons. The molecule has 7 heteroatoms. The van der Waals surface area contributed by atoms with Gasteiger partial charge in [-0.05, 0) is 25.5 Å². The zero-order valence-corrected chi connectivity index (χ0v) is 14.2. The number of amides is 1. The summed E-state index contributed by atoms with van der Waals surface area (Å²) in [7, 11) is 0. The molecule has 0 bridgehead atoms. The fourth-order valence-electron chi connectivity index (χ4n) is 1.98. The molecular weight excluding hydrogens is 310 g/mol. The molecule has 1 atom stereocenters. The van der Waals surface area contributed by atoms with Crippen LogP contribution in [0.4, 0.5) is 0 Å². The van der Waals surface area contributed by atoms with Crippen molar-refractivity contribution in [3.05, 3.63) is 37.2 Å². The number of carbonyl (C=O) groups is 1. The minimum Gasteiger partial charge on any atom is -0.355 e. The molecule has 2 heterocycles. The van der Waals surface area contributed by atoms with Crippen molar-refractivity contribution in [2.45, 2.75) is 37.2 Å². The Kier molecular flexibility index (Phi) is 6.34. The minimum atomic E-state index is -0.240. The normalized spacial score (nSPS) is 11.9. The fraction of sp³-hybridized carbons (Fsp3) is 0.375. The molecule has 1 amide bonds. The van der Waals surface area contributed by atoms with Gasteiger partial charge in [-0.2, -0.15) is 0 Å². The van der Waals surface area contributed by atoms with Crippen molar-refractivity contribution in [1.29, 1.82) is 0 Å². The Balaban J connectivity index is 2.21. The highest BCUT2D eigenvalue weighted by Gasteiger charge is 2.20. The first-order valence-corrected chi connectivity index (χ1v) is 8.44. The number of nitrogens with zero attached hydrogens (tertiary/aromatic N) is 4. The molecule has 2 aromatic heterocycles. The van der Waals surface area contributed by atoms with E-state index in [1.54, 1.807) is 18.5 Å². The molecule has 122 valence electrons. The van der Waals surface area contributed by atoms with E-state index in [4.69, 9.17) is 0 Å². The molecule has 6 nitrogen and oxygen atoms in total. The Morgan fingerprint density at radius 2 is 2.35 bits per heavy atom. The average Bonchev–Trinajstić information content (AvgIpc) is 2.96. The fourth-order valence-corrected chi connectivity index (χ4v) is 2.86. The quantitative estimate of drug-likeness (QED) is 0.594. The van der Waals surface area contributed by atoms with Crippen molar-refractivity contribution in [2.75, 3.05) is 6.54 Å². The largest absolute Gasteiger partial charge is 0.355 e. The molecule has 0 saturated carbocycles. The van der Waals surface area contributed by atoms with Crippen LogP contribution in [-0.4, -0.2) is 37.5 Å². The number of carbonyl (C=O) groups excluding carboxylic acids is 1. The van der Waals surface area contributed by atoms with Crippen LogP contribution in [0, 0.1) is 0 Å². The Labute approximate surface area is 140 Å². The van der Waals surface area contributed by atoms with Gasteiger partial charge in [-0.15, -0.1) is 16.8 Å². The maximum Gasteiger partial charge on any atom is 0.233 e. The summed E-state index contributed by atoms with van der Waals surface area (Å²) in [6.07, 6.45) is 6.17. The van der Waals surface area contributed by atoms with E-state index < -0.39 is 0 Å². The Hall–Kier alpha value is -2.15. The number of hydrogen-bond donors (Lipinski definition) is 1. The number of hydrogen-bond acceptors (Lipinski definition) is 5. The lowest BCUT2D eigenvalue weighted by Crippen LogP contribution is -2.31. The summed E-state index contributed by atoms with van der Waals surface area (Å²) in [4.78, 5) is 16.1. The lowest BCUT2D eigenvalue weighted by Gasteiger charge is -2.12. The predicted octanol–water partition coefficient (Wildman–Crippen LogP) is 2.53. The van der Waals surface area contributed by atoms with E-state index in [-0.39, 0.29) is 11.2 Å². The lowest BCUT2D eigenvalue weighted by molar-refractivity contribution is -0.120. The van der Waals surface area contributed by atoms with Crippen molar-refractivity contribution in [1.82, 2.24) is 25.1 Å². The first kappa shape index (κ1) is 17.2. The third-order valence-electron chi connectivity index (χ3n) is 3.15. The number of rotatable bonds is 8. The van der Waals surface area contributed by atoms with Crippen LogP contribution in [0.25, 0.3) is 11.4 Å². The van der Waals surface area contributed by atoms with Gasteiger partial charge in [-0.3, -0.25) is 14.3 Å². The highest BCUT2D eigenvalue weighted by Crippen LogP contribution is 2.26. The van der Waals surface area contributed by atoms with Crippen molar-refractivity contribution >= 4 is 17.7 Å². The van der Waals surface area contributed by atoms with Gasteiger partial charge >= 0.3 is 0 Å². The van der Waals surface area contributed by atoms with Crippen LogP contribution in [-0.2, 0) is 11.3 Å². The van der Waals surface area contributed by atoms with Crippen LogP contribution in [0.2, 0.25) is 0 Å². The first-order valence-electron chi connectivity index (χ1n) is 7.56. The topological polar surface area (TPSA) is 72.7 Å². The summed E-state index contributed by atoms with van der Waals surface area (Å²) in [6.45, 7) is 8.94. The van der Waals surface area contributed by atoms with Crippen molar-refractivity contribution < 1.29 is 4.79 Å². The Morgan fingerprint density at radius 1 is 1.52 bits per heavy atom. The number of pyridine rings is 1. The first-order chi connectivity index (χ1) is 11.2. The van der Waals surface area contributed by atoms with Crippen LogP contribution in [0.1, 0.15) is 20.3 Å². The molecule has 0 fully saturated rings. The van der Waals surface area contributed by atoms with Crippen LogP contribution in [0.15, 0.2) is 42.3 Å². The number of nitrogens with one attached hydrogen (secondary N) is 1. The van der Waals surface area contributed by atoms with E-state index in [0.29, 0.717) is 18.2 Å². The Morgan fingerprint density at radius 3 is 3.00 bits per heavy atom. The van der Waals surface area contributed by atoms with Gasteiger partial charge in [0, 0.05) is 31.0 Å².